The third-order valence-corrected chi connectivity index (χ3v) is 5.03. The highest BCUT2D eigenvalue weighted by molar-refractivity contribution is 9.09. The van der Waals surface area contributed by atoms with Crippen molar-refractivity contribution in [1.82, 2.24) is 4.90 Å². The van der Waals surface area contributed by atoms with Gasteiger partial charge in [-0.1, -0.05) is 90.4 Å². The molecule has 0 saturated heterocycles. The molecule has 0 atom stereocenters. The number of benzene rings is 2. The molecule has 0 fully saturated rings. The molecule has 0 saturated carbocycles. The second-order valence-electron chi connectivity index (χ2n) is 6.41. The Hall–Kier alpha value is -1.12. The van der Waals surface area contributed by atoms with E-state index in [1.54, 1.807) is 0 Å². The maximum absolute atomic E-state index is 3.64. The van der Waals surface area contributed by atoms with E-state index in [2.05, 4.69) is 95.3 Å². The molecule has 0 unspecified atom stereocenters. The first kappa shape index (κ1) is 16.3. The first-order valence-corrected chi connectivity index (χ1v) is 8.57. The third-order valence-electron chi connectivity index (χ3n) is 3.51. The lowest BCUT2D eigenvalue weighted by Crippen LogP contribution is -2.34. The van der Waals surface area contributed by atoms with Crippen molar-refractivity contribution in [2.75, 3.05) is 11.9 Å². The first-order valence-electron chi connectivity index (χ1n) is 7.45. The van der Waals surface area contributed by atoms with Crippen molar-refractivity contribution in [1.29, 1.82) is 0 Å². The van der Waals surface area contributed by atoms with Crippen LogP contribution in [0.2, 0.25) is 0 Å². The lowest BCUT2D eigenvalue weighted by atomic mass is 9.95. The number of hydrogen-bond acceptors (Lipinski definition) is 1. The molecule has 0 radical (unpaired) electrons. The van der Waals surface area contributed by atoms with Crippen LogP contribution in [0.5, 0.6) is 0 Å². The lowest BCUT2D eigenvalue weighted by Gasteiger charge is -2.31. The molecular weight excluding hydrogens is 322 g/mol. The Morgan fingerprint density at radius 3 is 1.62 bits per heavy atom. The smallest absolute Gasteiger partial charge is 0.0237 e. The summed E-state index contributed by atoms with van der Waals surface area (Å²) in [5.74, 6) is 0. The molecule has 0 aliphatic heterocycles. The normalized spacial score (nSPS) is 11.8. The lowest BCUT2D eigenvalue weighted by molar-refractivity contribution is 0.180. The number of alkyl halides is 1. The van der Waals surface area contributed by atoms with Gasteiger partial charge in [-0.25, -0.2) is 0 Å². The molecule has 0 amide bonds. The summed E-state index contributed by atoms with van der Waals surface area (Å²) in [7, 11) is 0. The van der Waals surface area contributed by atoms with Crippen LogP contribution in [0.15, 0.2) is 60.7 Å². The van der Waals surface area contributed by atoms with Gasteiger partial charge in [0.2, 0.25) is 0 Å². The minimum absolute atomic E-state index is 0.267. The van der Waals surface area contributed by atoms with Gasteiger partial charge >= 0.3 is 0 Å². The molecule has 0 heterocycles. The molecule has 1 nitrogen and oxygen atoms in total. The summed E-state index contributed by atoms with van der Waals surface area (Å²) in [4.78, 5) is 2.53. The Balaban J connectivity index is 2.10. The molecule has 0 aromatic heterocycles. The average molecular weight is 346 g/mol. The monoisotopic (exact) mass is 345 g/mol. The fraction of sp³-hybridized carbons (Fsp3) is 0.368. The van der Waals surface area contributed by atoms with Crippen LogP contribution >= 0.6 is 15.9 Å². The predicted octanol–water partition coefficient (Wildman–Crippen LogP) is 5.11. The predicted molar refractivity (Wildman–Crippen MR) is 94.6 cm³/mol. The summed E-state index contributed by atoms with van der Waals surface area (Å²) >= 11 is 3.64. The summed E-state index contributed by atoms with van der Waals surface area (Å²) in [6, 6.07) is 21.5. The molecule has 2 heteroatoms. The third kappa shape index (κ3) is 5.64. The van der Waals surface area contributed by atoms with Gasteiger partial charge in [0.1, 0.15) is 0 Å². The van der Waals surface area contributed by atoms with Crippen LogP contribution < -0.4 is 0 Å². The van der Waals surface area contributed by atoms with E-state index in [1.165, 1.54) is 11.1 Å². The second kappa shape index (κ2) is 7.77. The van der Waals surface area contributed by atoms with E-state index in [1.807, 2.05) is 0 Å². The van der Waals surface area contributed by atoms with Crippen LogP contribution in [0.4, 0.5) is 0 Å². The van der Waals surface area contributed by atoms with Crippen LogP contribution in [-0.4, -0.2) is 16.8 Å². The van der Waals surface area contributed by atoms with Gasteiger partial charge in [-0.3, -0.25) is 4.90 Å². The molecular formula is C19H24BrN. The molecule has 2 aromatic rings. The van der Waals surface area contributed by atoms with E-state index in [4.69, 9.17) is 0 Å². The molecule has 0 N–H and O–H groups in total. The van der Waals surface area contributed by atoms with Gasteiger partial charge in [0, 0.05) is 25.0 Å². The van der Waals surface area contributed by atoms with Crippen LogP contribution in [0.1, 0.15) is 25.0 Å². The quantitative estimate of drug-likeness (QED) is 0.630. The molecule has 21 heavy (non-hydrogen) atoms. The van der Waals surface area contributed by atoms with Gasteiger partial charge in [-0.15, -0.1) is 0 Å². The largest absolute Gasteiger partial charge is 0.294 e. The SMILES string of the molecule is CC(C)(CBr)CN(Cc1ccccc1)Cc1ccccc1. The molecule has 0 aliphatic carbocycles. The average Bonchev–Trinajstić information content (AvgIpc) is 2.49. The highest BCUT2D eigenvalue weighted by atomic mass is 79.9. The standard InChI is InChI=1S/C19H24BrN/c1-19(2,15-20)16-21(13-17-9-5-3-6-10-17)14-18-11-7-4-8-12-18/h3-12H,13-16H2,1-2H3. The van der Waals surface area contributed by atoms with Gasteiger partial charge in [0.05, 0.1) is 0 Å². The van der Waals surface area contributed by atoms with E-state index in [0.29, 0.717) is 0 Å². The van der Waals surface area contributed by atoms with Gasteiger partial charge < -0.3 is 0 Å². The maximum atomic E-state index is 3.64. The zero-order valence-corrected chi connectivity index (χ0v) is 14.5. The van der Waals surface area contributed by atoms with E-state index in [0.717, 1.165) is 25.0 Å². The van der Waals surface area contributed by atoms with E-state index in [-0.39, 0.29) is 5.41 Å². The van der Waals surface area contributed by atoms with Gasteiger partial charge in [-0.05, 0) is 16.5 Å². The zero-order chi connectivity index (χ0) is 15.1. The maximum Gasteiger partial charge on any atom is 0.0237 e. The summed E-state index contributed by atoms with van der Waals surface area (Å²) in [6.07, 6.45) is 0. The summed E-state index contributed by atoms with van der Waals surface area (Å²) in [6.45, 7) is 7.68. The minimum atomic E-state index is 0.267. The Morgan fingerprint density at radius 1 is 0.810 bits per heavy atom. The molecule has 112 valence electrons. The van der Waals surface area contributed by atoms with Crippen molar-refractivity contribution >= 4 is 15.9 Å². The molecule has 2 rings (SSSR count). The van der Waals surface area contributed by atoms with Gasteiger partial charge in [0.25, 0.3) is 0 Å². The van der Waals surface area contributed by atoms with Crippen molar-refractivity contribution in [2.24, 2.45) is 5.41 Å². The molecule has 0 spiro atoms. The highest BCUT2D eigenvalue weighted by Crippen LogP contribution is 2.22. The highest BCUT2D eigenvalue weighted by Gasteiger charge is 2.20. The number of nitrogens with zero attached hydrogens (tertiary/aromatic N) is 1. The van der Waals surface area contributed by atoms with Crippen molar-refractivity contribution < 1.29 is 0 Å². The molecule has 2 aromatic carbocycles. The fourth-order valence-corrected chi connectivity index (χ4v) is 2.68. The van der Waals surface area contributed by atoms with Crippen molar-refractivity contribution in [3.05, 3.63) is 71.8 Å². The Labute approximate surface area is 137 Å². The number of rotatable bonds is 7. The van der Waals surface area contributed by atoms with Crippen molar-refractivity contribution in [2.45, 2.75) is 26.9 Å². The van der Waals surface area contributed by atoms with Crippen LogP contribution in [0.25, 0.3) is 0 Å². The van der Waals surface area contributed by atoms with E-state index >= 15 is 0 Å². The summed E-state index contributed by atoms with van der Waals surface area (Å²) in [5, 5.41) is 1.01. The first-order chi connectivity index (χ1) is 10.1. The molecule has 0 bridgehead atoms. The Morgan fingerprint density at radius 2 is 1.24 bits per heavy atom. The van der Waals surface area contributed by atoms with Crippen LogP contribution in [0.3, 0.4) is 0 Å². The Kier molecular flexibility index (Phi) is 6.01. The van der Waals surface area contributed by atoms with Gasteiger partial charge in [0.15, 0.2) is 0 Å². The zero-order valence-electron chi connectivity index (χ0n) is 12.9. The summed E-state index contributed by atoms with van der Waals surface area (Å²) in [5.41, 5.74) is 3.02. The van der Waals surface area contributed by atoms with Crippen molar-refractivity contribution in [3.8, 4) is 0 Å². The summed E-state index contributed by atoms with van der Waals surface area (Å²) < 4.78 is 0. The van der Waals surface area contributed by atoms with Gasteiger partial charge in [-0.2, -0.15) is 0 Å². The second-order valence-corrected chi connectivity index (χ2v) is 6.97. The van der Waals surface area contributed by atoms with Crippen LogP contribution in [-0.2, 0) is 13.1 Å². The molecule has 0 aliphatic rings. The Bertz CT molecular complexity index is 480. The van der Waals surface area contributed by atoms with E-state index < -0.39 is 0 Å². The topological polar surface area (TPSA) is 3.24 Å². The van der Waals surface area contributed by atoms with E-state index in [9.17, 15) is 0 Å². The number of halogens is 1. The number of hydrogen-bond donors (Lipinski definition) is 0. The van der Waals surface area contributed by atoms with Crippen molar-refractivity contribution in [3.63, 3.8) is 0 Å². The fourth-order valence-electron chi connectivity index (χ4n) is 2.50. The minimum Gasteiger partial charge on any atom is -0.294 e. The van der Waals surface area contributed by atoms with Crippen LogP contribution in [0, 0.1) is 5.41 Å².